The van der Waals surface area contributed by atoms with E-state index in [-0.39, 0.29) is 0 Å². The first-order valence-corrected chi connectivity index (χ1v) is 5.27. The van der Waals surface area contributed by atoms with Crippen molar-refractivity contribution in [2.45, 2.75) is 32.2 Å². The van der Waals surface area contributed by atoms with Crippen LogP contribution < -0.4 is 5.32 Å². The van der Waals surface area contributed by atoms with Crippen molar-refractivity contribution in [3.05, 3.63) is 0 Å². The molecule has 1 N–H and O–H groups in total. The highest BCUT2D eigenvalue weighted by Gasteiger charge is 2.32. The average molecular weight is 182 g/mol. The molecule has 2 aliphatic heterocycles. The number of nitrogens with zero attached hydrogens (tertiary/aromatic N) is 1. The van der Waals surface area contributed by atoms with E-state index in [0.717, 1.165) is 26.1 Å². The molecule has 13 heavy (non-hydrogen) atoms. The fraction of sp³-hybridized carbons (Fsp3) is 0.900. The van der Waals surface area contributed by atoms with Gasteiger partial charge in [-0.25, -0.2) is 0 Å². The fourth-order valence-corrected chi connectivity index (χ4v) is 2.37. The zero-order chi connectivity index (χ0) is 9.26. The molecule has 2 fully saturated rings. The van der Waals surface area contributed by atoms with Crippen LogP contribution in [0.5, 0.6) is 0 Å². The van der Waals surface area contributed by atoms with E-state index in [1.54, 1.807) is 0 Å². The lowest BCUT2D eigenvalue weighted by Gasteiger charge is -2.31. The lowest BCUT2D eigenvalue weighted by Crippen LogP contribution is -2.46. The van der Waals surface area contributed by atoms with E-state index < -0.39 is 0 Å². The molecule has 2 atom stereocenters. The molecule has 2 heterocycles. The maximum Gasteiger partial charge on any atom is 0.223 e. The average Bonchev–Trinajstić information content (AvgIpc) is 2.47. The predicted molar refractivity (Wildman–Crippen MR) is 51.4 cm³/mol. The number of carbonyl (C=O) groups excluding carboxylic acids is 1. The van der Waals surface area contributed by atoms with Gasteiger partial charge in [0.1, 0.15) is 0 Å². The van der Waals surface area contributed by atoms with Gasteiger partial charge < -0.3 is 10.2 Å². The Balaban J connectivity index is 1.95. The smallest absolute Gasteiger partial charge is 0.223 e. The molecule has 74 valence electrons. The fourth-order valence-electron chi connectivity index (χ4n) is 2.37. The van der Waals surface area contributed by atoms with Crippen molar-refractivity contribution in [1.29, 1.82) is 0 Å². The summed E-state index contributed by atoms with van der Waals surface area (Å²) in [4.78, 5) is 13.7. The SMILES string of the molecule is CC1CC(=O)N(C2CCCNC2)C1. The van der Waals surface area contributed by atoms with Crippen molar-refractivity contribution >= 4 is 5.91 Å². The first kappa shape index (κ1) is 9.00. The number of nitrogens with one attached hydrogen (secondary N) is 1. The molecule has 0 radical (unpaired) electrons. The number of hydrogen-bond acceptors (Lipinski definition) is 2. The van der Waals surface area contributed by atoms with E-state index >= 15 is 0 Å². The minimum absolute atomic E-state index is 0.362. The molecule has 2 unspecified atom stereocenters. The topological polar surface area (TPSA) is 32.3 Å². The van der Waals surface area contributed by atoms with Gasteiger partial charge in [-0.05, 0) is 25.3 Å². The lowest BCUT2D eigenvalue weighted by molar-refractivity contribution is -0.129. The quantitative estimate of drug-likeness (QED) is 0.644. The Labute approximate surface area is 79.5 Å². The number of amides is 1. The van der Waals surface area contributed by atoms with Crippen LogP contribution in [-0.4, -0.2) is 36.5 Å². The van der Waals surface area contributed by atoms with Gasteiger partial charge in [-0.1, -0.05) is 6.92 Å². The molecule has 0 saturated carbocycles. The second kappa shape index (κ2) is 3.66. The molecule has 2 rings (SSSR count). The summed E-state index contributed by atoms with van der Waals surface area (Å²) < 4.78 is 0. The highest BCUT2D eigenvalue weighted by Crippen LogP contribution is 2.22. The van der Waals surface area contributed by atoms with Gasteiger partial charge in [-0.2, -0.15) is 0 Å². The zero-order valence-corrected chi connectivity index (χ0v) is 8.25. The molecular formula is C10H18N2O. The second-order valence-electron chi connectivity index (χ2n) is 4.36. The van der Waals surface area contributed by atoms with E-state index in [0.29, 0.717) is 17.9 Å². The summed E-state index contributed by atoms with van der Waals surface area (Å²) in [7, 11) is 0. The van der Waals surface area contributed by atoms with Crippen LogP contribution in [0.4, 0.5) is 0 Å². The molecule has 0 bridgehead atoms. The van der Waals surface area contributed by atoms with Gasteiger partial charge in [0, 0.05) is 25.6 Å². The largest absolute Gasteiger partial charge is 0.338 e. The van der Waals surface area contributed by atoms with Crippen LogP contribution >= 0.6 is 0 Å². The highest BCUT2D eigenvalue weighted by atomic mass is 16.2. The van der Waals surface area contributed by atoms with Gasteiger partial charge in [0.05, 0.1) is 0 Å². The number of carbonyl (C=O) groups is 1. The molecule has 0 spiro atoms. The molecule has 3 nitrogen and oxygen atoms in total. The maximum absolute atomic E-state index is 11.6. The molecule has 2 saturated heterocycles. The normalized spacial score (nSPS) is 35.5. The van der Waals surface area contributed by atoms with Gasteiger partial charge in [0.15, 0.2) is 0 Å². The summed E-state index contributed by atoms with van der Waals surface area (Å²) >= 11 is 0. The van der Waals surface area contributed by atoms with Crippen LogP contribution in [-0.2, 0) is 4.79 Å². The molecule has 1 amide bonds. The molecule has 0 aromatic carbocycles. The van der Waals surface area contributed by atoms with E-state index in [1.165, 1.54) is 12.8 Å². The van der Waals surface area contributed by atoms with Gasteiger partial charge in [0.25, 0.3) is 0 Å². The van der Waals surface area contributed by atoms with Crippen molar-refractivity contribution in [3.8, 4) is 0 Å². The van der Waals surface area contributed by atoms with Crippen LogP contribution in [0.2, 0.25) is 0 Å². The van der Waals surface area contributed by atoms with Crippen LogP contribution in [0.3, 0.4) is 0 Å². The Morgan fingerprint density at radius 3 is 2.92 bits per heavy atom. The van der Waals surface area contributed by atoms with Crippen LogP contribution in [0, 0.1) is 5.92 Å². The summed E-state index contributed by atoms with van der Waals surface area (Å²) in [6.45, 7) is 5.26. The van der Waals surface area contributed by atoms with Crippen LogP contribution in [0.25, 0.3) is 0 Å². The Morgan fingerprint density at radius 1 is 1.54 bits per heavy atom. The van der Waals surface area contributed by atoms with Crippen molar-refractivity contribution in [2.75, 3.05) is 19.6 Å². The standard InChI is InChI=1S/C10H18N2O/c1-8-5-10(13)12(7-8)9-3-2-4-11-6-9/h8-9,11H,2-7H2,1H3. The van der Waals surface area contributed by atoms with Gasteiger partial charge in [-0.3, -0.25) is 4.79 Å². The first-order chi connectivity index (χ1) is 6.27. The monoisotopic (exact) mass is 182 g/mol. The van der Waals surface area contributed by atoms with Crippen molar-refractivity contribution in [1.82, 2.24) is 10.2 Å². The summed E-state index contributed by atoms with van der Waals surface area (Å²) in [6, 6.07) is 0.478. The molecule has 0 aromatic heterocycles. The number of rotatable bonds is 1. The van der Waals surface area contributed by atoms with Crippen LogP contribution in [0.1, 0.15) is 26.2 Å². The summed E-state index contributed by atoms with van der Waals surface area (Å²) in [6.07, 6.45) is 3.16. The van der Waals surface area contributed by atoms with Gasteiger partial charge in [-0.15, -0.1) is 0 Å². The van der Waals surface area contributed by atoms with Gasteiger partial charge >= 0.3 is 0 Å². The minimum Gasteiger partial charge on any atom is -0.338 e. The molecule has 0 aliphatic carbocycles. The summed E-state index contributed by atoms with van der Waals surface area (Å²) in [5.74, 6) is 0.927. The van der Waals surface area contributed by atoms with Crippen molar-refractivity contribution in [2.24, 2.45) is 5.92 Å². The van der Waals surface area contributed by atoms with Gasteiger partial charge in [0.2, 0.25) is 5.91 Å². The third kappa shape index (κ3) is 1.85. The summed E-state index contributed by atoms with van der Waals surface area (Å²) in [5.41, 5.74) is 0. The Kier molecular flexibility index (Phi) is 2.54. The predicted octanol–water partition coefficient (Wildman–Crippen LogP) is 0.607. The second-order valence-corrected chi connectivity index (χ2v) is 4.36. The van der Waals surface area contributed by atoms with Crippen molar-refractivity contribution in [3.63, 3.8) is 0 Å². The van der Waals surface area contributed by atoms with E-state index in [1.807, 2.05) is 0 Å². The number of hydrogen-bond donors (Lipinski definition) is 1. The molecule has 3 heteroatoms. The maximum atomic E-state index is 11.6. The third-order valence-corrected chi connectivity index (χ3v) is 3.06. The van der Waals surface area contributed by atoms with E-state index in [9.17, 15) is 4.79 Å². The Bertz CT molecular complexity index is 199. The summed E-state index contributed by atoms with van der Waals surface area (Å²) in [5, 5.41) is 3.35. The molecule has 2 aliphatic rings. The van der Waals surface area contributed by atoms with E-state index in [4.69, 9.17) is 0 Å². The number of likely N-dealkylation sites (tertiary alicyclic amines) is 1. The Hall–Kier alpha value is -0.570. The Morgan fingerprint density at radius 2 is 2.38 bits per heavy atom. The zero-order valence-electron chi connectivity index (χ0n) is 8.25. The lowest BCUT2D eigenvalue weighted by atomic mass is 10.1. The third-order valence-electron chi connectivity index (χ3n) is 3.06. The first-order valence-electron chi connectivity index (χ1n) is 5.27. The van der Waals surface area contributed by atoms with E-state index in [2.05, 4.69) is 17.1 Å². The van der Waals surface area contributed by atoms with Crippen molar-refractivity contribution < 1.29 is 4.79 Å². The number of piperidine rings is 1. The molecular weight excluding hydrogens is 164 g/mol. The molecule has 0 aromatic rings. The van der Waals surface area contributed by atoms with Crippen LogP contribution in [0.15, 0.2) is 0 Å². The highest BCUT2D eigenvalue weighted by molar-refractivity contribution is 5.78. The minimum atomic E-state index is 0.362.